The number of nitrogens with zero attached hydrogens (tertiary/aromatic N) is 4. The molecule has 5 aromatic carbocycles. The molecule has 0 aliphatic heterocycles. The molecule has 274 valence electrons. The van der Waals surface area contributed by atoms with Crippen LogP contribution in [0.5, 0.6) is 11.5 Å². The van der Waals surface area contributed by atoms with Gasteiger partial charge in [0, 0.05) is 34.0 Å². The number of phenolic OH excluding ortho intramolecular Hbond substituents is 1. The Hall–Kier alpha value is -0.500. The average Bonchev–Trinajstić information content (AvgIpc) is 3.11. The molecule has 19 nitrogen and oxygen atoms in total. The zero-order chi connectivity index (χ0) is 37.5. The van der Waals surface area contributed by atoms with Crippen molar-refractivity contribution in [3.63, 3.8) is 0 Å². The molecule has 0 heterocycles. The summed E-state index contributed by atoms with van der Waals surface area (Å²) in [7, 11) is -8.05. The first-order valence-electron chi connectivity index (χ1n) is 14.1. The minimum atomic E-state index is -4.95. The number of ether oxygens (including phenoxy) is 1. The Morgan fingerprint density at radius 1 is 0.732 bits per heavy atom. The van der Waals surface area contributed by atoms with Crippen molar-refractivity contribution >= 4 is 94.3 Å². The van der Waals surface area contributed by atoms with E-state index in [-0.39, 0.29) is 180 Å². The zero-order valence-corrected chi connectivity index (χ0v) is 41.3. The van der Waals surface area contributed by atoms with Crippen molar-refractivity contribution in [2.24, 2.45) is 20.5 Å². The van der Waals surface area contributed by atoms with Crippen LogP contribution in [0, 0.1) is 0 Å². The quantitative estimate of drug-likeness (QED) is 0.0232. The Morgan fingerprint density at radius 2 is 1.36 bits per heavy atom. The topological polar surface area (TPSA) is 288 Å². The van der Waals surface area contributed by atoms with E-state index >= 15 is 0 Å². The van der Waals surface area contributed by atoms with Crippen LogP contribution in [0.1, 0.15) is 0 Å². The summed E-state index contributed by atoms with van der Waals surface area (Å²) in [6.07, 6.45) is 0. The number of hydrogen-bond acceptors (Lipinski definition) is 21. The van der Waals surface area contributed by atoms with Gasteiger partial charge in [0.15, 0.2) is 5.75 Å². The number of hydrogen-bond donors (Lipinski definition) is 2. The summed E-state index contributed by atoms with van der Waals surface area (Å²) in [6, 6.07) is 17.5. The van der Waals surface area contributed by atoms with Crippen LogP contribution in [0.15, 0.2) is 108 Å². The molecule has 0 aliphatic carbocycles. The van der Waals surface area contributed by atoms with Crippen molar-refractivity contribution in [3.8, 4) is 11.5 Å². The van der Waals surface area contributed by atoms with E-state index < -0.39 is 30.9 Å². The predicted octanol–water partition coefficient (Wildman–Crippen LogP) is -7.12. The molecule has 0 unspecified atom stereocenters. The van der Waals surface area contributed by atoms with Gasteiger partial charge in [-0.05, 0) is 65.4 Å². The molecule has 0 radical (unpaired) electrons. The molecule has 0 bridgehead atoms. The minimum absolute atomic E-state index is 0. The molecule has 0 fully saturated rings. The Morgan fingerprint density at radius 3 is 2.00 bits per heavy atom. The van der Waals surface area contributed by atoms with Crippen LogP contribution in [0.2, 0.25) is 0 Å². The van der Waals surface area contributed by atoms with Gasteiger partial charge in [0.1, 0.15) is 27.2 Å². The molecule has 0 saturated carbocycles. The maximum Gasteiger partial charge on any atom is 1.00 e. The van der Waals surface area contributed by atoms with Crippen molar-refractivity contribution in [3.05, 3.63) is 72.8 Å². The molecule has 0 atom stereocenters. The van der Waals surface area contributed by atoms with Crippen LogP contribution in [-0.4, -0.2) is 50.5 Å². The largest absolute Gasteiger partial charge is 1.00 e. The van der Waals surface area contributed by atoms with Gasteiger partial charge in [-0.15, -0.1) is 10.2 Å². The van der Waals surface area contributed by atoms with E-state index in [0.29, 0.717) is 40.5 Å². The van der Waals surface area contributed by atoms with Crippen LogP contribution in [-0.2, 0) is 39.0 Å². The summed E-state index contributed by atoms with van der Waals surface area (Å²) < 4.78 is 82.9. The third-order valence-electron chi connectivity index (χ3n) is 6.89. The van der Waals surface area contributed by atoms with Crippen LogP contribution < -0.4 is 139 Å². The first-order chi connectivity index (χ1) is 24.8. The predicted molar refractivity (Wildman–Crippen MR) is 178 cm³/mol. The van der Waals surface area contributed by atoms with Crippen molar-refractivity contribution < 1.29 is 183 Å². The number of azo groups is 2. The number of aromatic hydroxyl groups is 1. The SMILES string of the molecule is COc1cc(N=Nc2ccc3cc(SOO[O-])cc(S(=O)(=O)[O-])c3c2)ccc1N=Nc1c(SOO[O-])cc2ccc(NCCS(=O)(=O)[O-])cc2c1O.[Na+].[Na+].[Na+].[Na+]. The molecule has 0 spiro atoms. The normalized spacial score (nSPS) is 11.5. The first kappa shape index (κ1) is 53.5. The Balaban J connectivity index is 0.00000392. The second-order valence-electron chi connectivity index (χ2n) is 10.2. The summed E-state index contributed by atoms with van der Waals surface area (Å²) in [6.45, 7) is -0.171. The second-order valence-corrected chi connectivity index (χ2v) is 14.6. The van der Waals surface area contributed by atoms with E-state index in [1.165, 1.54) is 61.7 Å². The van der Waals surface area contributed by atoms with Crippen molar-refractivity contribution in [2.75, 3.05) is 24.7 Å². The van der Waals surface area contributed by atoms with Crippen LogP contribution >= 0.6 is 24.1 Å². The monoisotopic (exact) mass is 883 g/mol. The van der Waals surface area contributed by atoms with E-state index in [1.54, 1.807) is 12.1 Å². The number of methoxy groups -OCH3 is 1. The van der Waals surface area contributed by atoms with Gasteiger partial charge in [-0.3, -0.25) is 10.1 Å². The summed E-state index contributed by atoms with van der Waals surface area (Å²) in [5.74, 6) is -0.870. The fourth-order valence-corrected chi connectivity index (χ4v) is 6.75. The molecule has 0 saturated heterocycles. The molecule has 2 N–H and O–H groups in total. The van der Waals surface area contributed by atoms with Gasteiger partial charge >= 0.3 is 118 Å². The molecule has 56 heavy (non-hydrogen) atoms. The summed E-state index contributed by atoms with van der Waals surface area (Å²) in [4.78, 5) is -0.314. The molecule has 5 rings (SSSR count). The molecule has 5 aromatic rings. The van der Waals surface area contributed by atoms with Crippen LogP contribution in [0.4, 0.5) is 28.4 Å². The molecular weight excluding hydrogens is 863 g/mol. The summed E-state index contributed by atoms with van der Waals surface area (Å²) in [5.41, 5.74) is 0.890. The van der Waals surface area contributed by atoms with Gasteiger partial charge in [0.05, 0.1) is 68.2 Å². The van der Waals surface area contributed by atoms with E-state index in [9.17, 15) is 41.6 Å². The van der Waals surface area contributed by atoms with Crippen molar-refractivity contribution in [1.29, 1.82) is 0 Å². The van der Waals surface area contributed by atoms with E-state index in [4.69, 9.17) is 4.74 Å². The second kappa shape index (κ2) is 24.7. The number of phenols is 1. The van der Waals surface area contributed by atoms with Crippen molar-refractivity contribution in [2.45, 2.75) is 14.7 Å². The Bertz CT molecular complexity index is 2420. The van der Waals surface area contributed by atoms with Crippen LogP contribution in [0.3, 0.4) is 0 Å². The maximum atomic E-state index is 12.0. The number of rotatable bonds is 16. The van der Waals surface area contributed by atoms with E-state index in [1.807, 2.05) is 0 Å². The average molecular weight is 884 g/mol. The molecule has 0 amide bonds. The summed E-state index contributed by atoms with van der Waals surface area (Å²) in [5, 5.41) is 59.1. The van der Waals surface area contributed by atoms with Gasteiger partial charge in [-0.1, -0.05) is 12.1 Å². The fraction of sp³-hybridized carbons (Fsp3) is 0.103. The smallest absolute Gasteiger partial charge is 0.748 e. The number of benzene rings is 5. The fourth-order valence-electron chi connectivity index (χ4n) is 4.67. The molecular formula is C29H21N5Na4O14S4. The maximum absolute atomic E-state index is 12.0. The van der Waals surface area contributed by atoms with E-state index in [0.717, 1.165) is 6.07 Å². The summed E-state index contributed by atoms with van der Waals surface area (Å²) >= 11 is 0.882. The van der Waals surface area contributed by atoms with Crippen LogP contribution in [0.25, 0.3) is 21.5 Å². The number of fused-ring (bicyclic) bond motifs is 2. The minimum Gasteiger partial charge on any atom is -0.748 e. The molecule has 0 aromatic heterocycles. The molecule has 0 aliphatic rings. The third kappa shape index (κ3) is 14.9. The van der Waals surface area contributed by atoms with Gasteiger partial charge in [-0.25, -0.2) is 16.8 Å². The Kier molecular flexibility index (Phi) is 23.6. The van der Waals surface area contributed by atoms with Gasteiger partial charge in [-0.2, -0.15) is 18.9 Å². The van der Waals surface area contributed by atoms with Crippen molar-refractivity contribution in [1.82, 2.24) is 0 Å². The standard InChI is InChI=1S/C29H25N5O14S4.4Na/c1-44-25-14-20(32-31-19-5-3-16-10-21(49-47-45-36)15-27(22(16)13-19)52(41,42)43)6-7-24(25)33-34-28-26(50-48-46-37)11-17-2-4-18(12-23(17)29(28)35)30-8-9-51(38,39)40;;;;/h2-7,10-15,30,35-37H,8-9H2,1H3,(H,38,39,40)(H,41,42,43);;;;/q;4*+1/p-4. The number of anilines is 1. The van der Waals surface area contributed by atoms with Gasteiger partial charge < -0.3 is 34.8 Å². The zero-order valence-electron chi connectivity index (χ0n) is 30.0. The Labute approximate surface area is 416 Å². The molecule has 27 heteroatoms. The first-order valence-corrected chi connectivity index (χ1v) is 18.5. The van der Waals surface area contributed by atoms with E-state index in [2.05, 4.69) is 44.5 Å². The van der Waals surface area contributed by atoms with Gasteiger partial charge in [0.2, 0.25) is 0 Å². The third-order valence-corrected chi connectivity index (χ3v) is 9.63. The van der Waals surface area contributed by atoms with Gasteiger partial charge in [0.25, 0.3) is 0 Å². The number of nitrogens with one attached hydrogen (secondary N) is 1.